The van der Waals surface area contributed by atoms with Crippen molar-refractivity contribution in [2.75, 3.05) is 18.0 Å². The van der Waals surface area contributed by atoms with Crippen LogP contribution in [-0.4, -0.2) is 31.0 Å². The molecule has 0 saturated carbocycles. The number of carbonyl (C=O) groups is 2. The second-order valence-corrected chi connectivity index (χ2v) is 7.15. The van der Waals surface area contributed by atoms with Crippen LogP contribution in [0.4, 0.5) is 5.69 Å². The van der Waals surface area contributed by atoms with Crippen molar-refractivity contribution in [3.63, 3.8) is 0 Å². The van der Waals surface area contributed by atoms with E-state index in [9.17, 15) is 9.59 Å². The highest BCUT2D eigenvalue weighted by atomic mass is 35.5. The van der Waals surface area contributed by atoms with Gasteiger partial charge in [-0.1, -0.05) is 42.3 Å². The Hall–Kier alpha value is -2.24. The van der Waals surface area contributed by atoms with Crippen LogP contribution in [0.15, 0.2) is 42.5 Å². The highest BCUT2D eigenvalue weighted by Crippen LogP contribution is 2.36. The van der Waals surface area contributed by atoms with Crippen molar-refractivity contribution in [3.05, 3.63) is 58.1 Å². The van der Waals surface area contributed by atoms with Gasteiger partial charge in [0.25, 0.3) is 5.91 Å². The second-order valence-electron chi connectivity index (χ2n) is 6.28. The summed E-state index contributed by atoms with van der Waals surface area (Å²) in [6, 6.07) is 12.5. The van der Waals surface area contributed by atoms with E-state index in [0.717, 1.165) is 5.56 Å². The molecule has 27 heavy (non-hydrogen) atoms. The number of amides is 2. The number of rotatable bonds is 6. The first-order valence-corrected chi connectivity index (χ1v) is 9.52. The third-order valence-corrected chi connectivity index (χ3v) is 4.83. The molecule has 7 heteroatoms. The van der Waals surface area contributed by atoms with E-state index in [2.05, 4.69) is 5.32 Å². The maximum Gasteiger partial charge on any atom is 0.268 e. The van der Waals surface area contributed by atoms with Crippen molar-refractivity contribution in [2.24, 2.45) is 0 Å². The number of hydrogen-bond acceptors (Lipinski definition) is 3. The summed E-state index contributed by atoms with van der Waals surface area (Å²) in [6.45, 7) is 2.26. The minimum atomic E-state index is -0.597. The summed E-state index contributed by atoms with van der Waals surface area (Å²) in [5, 5.41) is 4.01. The summed E-state index contributed by atoms with van der Waals surface area (Å²) >= 11 is 11.9. The standard InChI is InChI=1S/C20H20Cl2N2O3/c1-2-17-20(26)24(16-11-15(22)7-8-18(16)27-17)12-19(25)23-10-9-13-3-5-14(21)6-4-13/h3-8,11,17H,2,9-10,12H2,1H3,(H,23,25)/t17-/m1/s1. The molecule has 1 aliphatic heterocycles. The van der Waals surface area contributed by atoms with Gasteiger partial charge in [-0.25, -0.2) is 0 Å². The van der Waals surface area contributed by atoms with Crippen molar-refractivity contribution in [1.29, 1.82) is 0 Å². The van der Waals surface area contributed by atoms with Crippen LogP contribution < -0.4 is 15.0 Å². The second kappa shape index (κ2) is 8.63. The first-order chi connectivity index (χ1) is 13.0. The van der Waals surface area contributed by atoms with E-state index in [1.54, 1.807) is 18.2 Å². The number of halogens is 2. The van der Waals surface area contributed by atoms with E-state index in [1.165, 1.54) is 4.90 Å². The highest BCUT2D eigenvalue weighted by Gasteiger charge is 2.34. The van der Waals surface area contributed by atoms with Gasteiger partial charge in [-0.05, 0) is 48.7 Å². The Morgan fingerprint density at radius 1 is 1.15 bits per heavy atom. The lowest BCUT2D eigenvalue weighted by atomic mass is 10.1. The third-order valence-electron chi connectivity index (χ3n) is 4.34. The summed E-state index contributed by atoms with van der Waals surface area (Å²) < 4.78 is 5.72. The van der Waals surface area contributed by atoms with Gasteiger partial charge in [-0.3, -0.25) is 14.5 Å². The van der Waals surface area contributed by atoms with Gasteiger partial charge in [-0.15, -0.1) is 0 Å². The third kappa shape index (κ3) is 4.73. The number of carbonyl (C=O) groups excluding carboxylic acids is 2. The molecule has 1 atom stereocenters. The van der Waals surface area contributed by atoms with E-state index in [4.69, 9.17) is 27.9 Å². The molecule has 0 aliphatic carbocycles. The number of nitrogens with one attached hydrogen (secondary N) is 1. The molecule has 0 aromatic heterocycles. The van der Waals surface area contributed by atoms with Gasteiger partial charge in [0.05, 0.1) is 5.69 Å². The monoisotopic (exact) mass is 406 g/mol. The predicted molar refractivity (Wildman–Crippen MR) is 107 cm³/mol. The van der Waals surface area contributed by atoms with E-state index >= 15 is 0 Å². The van der Waals surface area contributed by atoms with Crippen LogP contribution in [0.2, 0.25) is 10.0 Å². The quantitative estimate of drug-likeness (QED) is 0.792. The average Bonchev–Trinajstić information content (AvgIpc) is 2.65. The Morgan fingerprint density at radius 3 is 2.56 bits per heavy atom. The van der Waals surface area contributed by atoms with E-state index in [-0.39, 0.29) is 18.4 Å². The van der Waals surface area contributed by atoms with E-state index in [1.807, 2.05) is 31.2 Å². The zero-order valence-electron chi connectivity index (χ0n) is 14.9. The predicted octanol–water partition coefficient (Wildman–Crippen LogP) is 3.86. The normalized spacial score (nSPS) is 15.9. The zero-order chi connectivity index (χ0) is 19.4. The molecule has 5 nitrogen and oxygen atoms in total. The summed E-state index contributed by atoms with van der Waals surface area (Å²) in [5.41, 5.74) is 1.59. The number of benzene rings is 2. The minimum Gasteiger partial charge on any atom is -0.478 e. The Bertz CT molecular complexity index is 840. The van der Waals surface area contributed by atoms with Gasteiger partial charge in [0.15, 0.2) is 6.10 Å². The van der Waals surface area contributed by atoms with E-state index in [0.29, 0.717) is 40.9 Å². The Morgan fingerprint density at radius 2 is 1.85 bits per heavy atom. The van der Waals surface area contributed by atoms with Gasteiger partial charge in [0.2, 0.25) is 5.91 Å². The molecule has 0 radical (unpaired) electrons. The summed E-state index contributed by atoms with van der Waals surface area (Å²) in [7, 11) is 0. The fourth-order valence-corrected chi connectivity index (χ4v) is 3.21. The maximum atomic E-state index is 12.7. The number of hydrogen-bond donors (Lipinski definition) is 1. The molecule has 3 rings (SSSR count). The molecule has 0 spiro atoms. The van der Waals surface area contributed by atoms with Crippen LogP contribution in [0.5, 0.6) is 5.75 Å². The molecule has 0 bridgehead atoms. The van der Waals surface area contributed by atoms with Gasteiger partial charge >= 0.3 is 0 Å². The van der Waals surface area contributed by atoms with Crippen LogP contribution in [0.1, 0.15) is 18.9 Å². The summed E-state index contributed by atoms with van der Waals surface area (Å²) in [6.07, 6.45) is 0.607. The minimum absolute atomic E-state index is 0.0767. The molecule has 0 saturated heterocycles. The molecule has 0 unspecified atom stereocenters. The molecule has 2 aromatic carbocycles. The molecular weight excluding hydrogens is 387 g/mol. The van der Waals surface area contributed by atoms with Gasteiger partial charge in [0.1, 0.15) is 12.3 Å². The molecule has 0 fully saturated rings. The lowest BCUT2D eigenvalue weighted by molar-refractivity contribution is -0.129. The van der Waals surface area contributed by atoms with Crippen LogP contribution in [0.25, 0.3) is 0 Å². The fourth-order valence-electron chi connectivity index (χ4n) is 2.92. The Balaban J connectivity index is 1.64. The number of fused-ring (bicyclic) bond motifs is 1. The first-order valence-electron chi connectivity index (χ1n) is 8.76. The largest absolute Gasteiger partial charge is 0.478 e. The topological polar surface area (TPSA) is 58.6 Å². The van der Waals surface area contributed by atoms with Crippen LogP contribution >= 0.6 is 23.2 Å². The van der Waals surface area contributed by atoms with Crippen molar-refractivity contribution < 1.29 is 14.3 Å². The first kappa shape index (κ1) is 19.5. The number of anilines is 1. The number of nitrogens with zero attached hydrogens (tertiary/aromatic N) is 1. The van der Waals surface area contributed by atoms with Crippen LogP contribution in [0.3, 0.4) is 0 Å². The fraction of sp³-hybridized carbons (Fsp3) is 0.300. The Labute approximate surface area is 168 Å². The summed E-state index contributed by atoms with van der Waals surface area (Å²) in [5.74, 6) is 0.0833. The number of ether oxygens (including phenoxy) is 1. The molecule has 2 amide bonds. The van der Waals surface area contributed by atoms with Crippen molar-refractivity contribution >= 4 is 40.7 Å². The van der Waals surface area contributed by atoms with Gasteiger partial charge in [0, 0.05) is 16.6 Å². The van der Waals surface area contributed by atoms with Crippen LogP contribution in [0, 0.1) is 0 Å². The molecule has 1 N–H and O–H groups in total. The molecule has 2 aromatic rings. The zero-order valence-corrected chi connectivity index (χ0v) is 16.4. The molecule has 1 heterocycles. The van der Waals surface area contributed by atoms with Crippen molar-refractivity contribution in [1.82, 2.24) is 5.32 Å². The lowest BCUT2D eigenvalue weighted by Crippen LogP contribution is -2.49. The van der Waals surface area contributed by atoms with E-state index < -0.39 is 6.10 Å². The molecule has 1 aliphatic rings. The maximum absolute atomic E-state index is 12.7. The smallest absolute Gasteiger partial charge is 0.268 e. The summed E-state index contributed by atoms with van der Waals surface area (Å²) in [4.78, 5) is 26.5. The van der Waals surface area contributed by atoms with Crippen molar-refractivity contribution in [2.45, 2.75) is 25.9 Å². The van der Waals surface area contributed by atoms with Crippen molar-refractivity contribution in [3.8, 4) is 5.75 Å². The molecule has 142 valence electrons. The highest BCUT2D eigenvalue weighted by molar-refractivity contribution is 6.31. The van der Waals surface area contributed by atoms with Crippen LogP contribution in [-0.2, 0) is 16.0 Å². The Kier molecular flexibility index (Phi) is 6.24. The van der Waals surface area contributed by atoms with Gasteiger partial charge < -0.3 is 10.1 Å². The lowest BCUT2D eigenvalue weighted by Gasteiger charge is -2.33. The SMILES string of the molecule is CC[C@H]1Oc2ccc(Cl)cc2N(CC(=O)NCCc2ccc(Cl)cc2)C1=O. The molecular formula is C20H20Cl2N2O3. The average molecular weight is 407 g/mol. The van der Waals surface area contributed by atoms with Gasteiger partial charge in [-0.2, -0.15) is 0 Å².